The van der Waals surface area contributed by atoms with Crippen LogP contribution in [0.3, 0.4) is 0 Å². The zero-order chi connectivity index (χ0) is 13.0. The fourth-order valence-corrected chi connectivity index (χ4v) is 4.41. The zero-order valence-electron chi connectivity index (χ0n) is 10.6. The minimum Gasteiger partial charge on any atom is -0.481 e. The number of aliphatic carboxylic acids is 2. The van der Waals surface area contributed by atoms with Gasteiger partial charge in [0.2, 0.25) is 0 Å². The first-order valence-electron chi connectivity index (χ1n) is 6.19. The third kappa shape index (κ3) is 1.36. The summed E-state index contributed by atoms with van der Waals surface area (Å²) < 4.78 is 0. The molecular formula is C13H20O4. The Bertz CT molecular complexity index is 374. The SMILES string of the molecule is C[C@@H]1C[C@H]2C[C@H](C(=O)O)C(C)(C)[C@]2(C(=O)O)C1. The van der Waals surface area contributed by atoms with E-state index in [9.17, 15) is 19.8 Å². The lowest BCUT2D eigenvalue weighted by Gasteiger charge is -2.39. The van der Waals surface area contributed by atoms with Crippen molar-refractivity contribution in [1.82, 2.24) is 0 Å². The number of carbonyl (C=O) groups is 2. The molecule has 2 rings (SSSR count). The summed E-state index contributed by atoms with van der Waals surface area (Å²) in [6.45, 7) is 5.70. The van der Waals surface area contributed by atoms with Gasteiger partial charge in [-0.05, 0) is 36.5 Å². The molecule has 0 heterocycles. The van der Waals surface area contributed by atoms with Gasteiger partial charge in [-0.3, -0.25) is 9.59 Å². The summed E-state index contributed by atoms with van der Waals surface area (Å²) in [4.78, 5) is 23.0. The average Bonchev–Trinajstić information content (AvgIpc) is 2.60. The van der Waals surface area contributed by atoms with E-state index in [0.29, 0.717) is 18.8 Å². The molecule has 4 atom stereocenters. The summed E-state index contributed by atoms with van der Waals surface area (Å²) in [5.74, 6) is -1.79. The summed E-state index contributed by atoms with van der Waals surface area (Å²) in [6.07, 6.45) is 1.97. The maximum Gasteiger partial charge on any atom is 0.310 e. The highest BCUT2D eigenvalue weighted by molar-refractivity contribution is 5.81. The predicted molar refractivity (Wildman–Crippen MR) is 61.5 cm³/mol. The van der Waals surface area contributed by atoms with Gasteiger partial charge in [0.05, 0.1) is 11.3 Å². The lowest BCUT2D eigenvalue weighted by Crippen LogP contribution is -2.45. The van der Waals surface area contributed by atoms with E-state index in [1.165, 1.54) is 0 Å². The van der Waals surface area contributed by atoms with Crippen molar-refractivity contribution in [3.63, 3.8) is 0 Å². The Balaban J connectivity index is 2.49. The summed E-state index contributed by atoms with van der Waals surface area (Å²) in [7, 11) is 0. The second-order valence-electron chi connectivity index (χ2n) is 6.37. The first kappa shape index (κ1) is 12.4. The Morgan fingerprint density at radius 2 is 1.76 bits per heavy atom. The van der Waals surface area contributed by atoms with Gasteiger partial charge in [0.1, 0.15) is 0 Å². The summed E-state index contributed by atoms with van der Waals surface area (Å²) in [5.41, 5.74) is -1.50. The maximum absolute atomic E-state index is 11.7. The van der Waals surface area contributed by atoms with Crippen LogP contribution in [0.4, 0.5) is 0 Å². The highest BCUT2D eigenvalue weighted by Crippen LogP contribution is 2.67. The van der Waals surface area contributed by atoms with Gasteiger partial charge in [-0.25, -0.2) is 0 Å². The summed E-state index contributed by atoms with van der Waals surface area (Å²) >= 11 is 0. The molecule has 0 aromatic heterocycles. The van der Waals surface area contributed by atoms with Crippen molar-refractivity contribution in [3.05, 3.63) is 0 Å². The molecule has 17 heavy (non-hydrogen) atoms. The molecule has 0 amide bonds. The van der Waals surface area contributed by atoms with Gasteiger partial charge in [-0.2, -0.15) is 0 Å². The standard InChI is InChI=1S/C13H20O4/c1-7-4-8-5-9(10(14)15)12(2,3)13(8,6-7)11(16)17/h7-9H,4-6H2,1-3H3,(H,14,15)(H,16,17)/t7-,8+,9-,13-/m1/s1. The van der Waals surface area contributed by atoms with Crippen molar-refractivity contribution in [2.24, 2.45) is 28.6 Å². The number of hydrogen-bond acceptors (Lipinski definition) is 2. The van der Waals surface area contributed by atoms with Gasteiger partial charge in [-0.15, -0.1) is 0 Å². The lowest BCUT2D eigenvalue weighted by molar-refractivity contribution is -0.161. The molecule has 2 N–H and O–H groups in total. The van der Waals surface area contributed by atoms with Crippen molar-refractivity contribution >= 4 is 11.9 Å². The van der Waals surface area contributed by atoms with E-state index in [0.717, 1.165) is 6.42 Å². The van der Waals surface area contributed by atoms with Crippen LogP contribution in [0.2, 0.25) is 0 Å². The Morgan fingerprint density at radius 1 is 1.18 bits per heavy atom. The van der Waals surface area contributed by atoms with E-state index >= 15 is 0 Å². The number of hydrogen-bond donors (Lipinski definition) is 2. The fraction of sp³-hybridized carbons (Fsp3) is 0.846. The van der Waals surface area contributed by atoms with Crippen molar-refractivity contribution < 1.29 is 19.8 Å². The molecular weight excluding hydrogens is 220 g/mol. The van der Waals surface area contributed by atoms with Gasteiger partial charge >= 0.3 is 11.9 Å². The van der Waals surface area contributed by atoms with E-state index < -0.39 is 28.7 Å². The smallest absolute Gasteiger partial charge is 0.310 e. The molecule has 4 heteroatoms. The van der Waals surface area contributed by atoms with Gasteiger partial charge in [0.15, 0.2) is 0 Å². The van der Waals surface area contributed by atoms with Gasteiger partial charge < -0.3 is 10.2 Å². The molecule has 2 fully saturated rings. The van der Waals surface area contributed by atoms with E-state index in [2.05, 4.69) is 6.92 Å². The van der Waals surface area contributed by atoms with Crippen LogP contribution in [0.5, 0.6) is 0 Å². The molecule has 96 valence electrons. The summed E-state index contributed by atoms with van der Waals surface area (Å²) in [6, 6.07) is 0. The molecule has 0 radical (unpaired) electrons. The largest absolute Gasteiger partial charge is 0.481 e. The molecule has 4 nitrogen and oxygen atoms in total. The monoisotopic (exact) mass is 240 g/mol. The average molecular weight is 240 g/mol. The van der Waals surface area contributed by atoms with E-state index in [4.69, 9.17) is 0 Å². The molecule has 2 saturated carbocycles. The Morgan fingerprint density at radius 3 is 2.18 bits per heavy atom. The van der Waals surface area contributed by atoms with Crippen molar-refractivity contribution in [3.8, 4) is 0 Å². The number of fused-ring (bicyclic) bond motifs is 1. The van der Waals surface area contributed by atoms with Crippen LogP contribution in [0.25, 0.3) is 0 Å². The fourth-order valence-electron chi connectivity index (χ4n) is 4.41. The van der Waals surface area contributed by atoms with Crippen molar-refractivity contribution in [1.29, 1.82) is 0 Å². The molecule has 0 saturated heterocycles. The van der Waals surface area contributed by atoms with E-state index in [1.54, 1.807) is 0 Å². The Labute approximate surface area is 101 Å². The molecule has 2 aliphatic rings. The minimum absolute atomic E-state index is 0.0195. The van der Waals surface area contributed by atoms with Crippen molar-refractivity contribution in [2.45, 2.75) is 40.0 Å². The van der Waals surface area contributed by atoms with Crippen LogP contribution in [0, 0.1) is 28.6 Å². The molecule has 0 unspecified atom stereocenters. The van der Waals surface area contributed by atoms with Crippen LogP contribution in [0.15, 0.2) is 0 Å². The lowest BCUT2D eigenvalue weighted by atomic mass is 9.62. The Kier molecular flexibility index (Phi) is 2.53. The van der Waals surface area contributed by atoms with Crippen LogP contribution >= 0.6 is 0 Å². The molecule has 0 spiro atoms. The number of carboxylic acid groups (broad SMARTS) is 2. The van der Waals surface area contributed by atoms with Crippen LogP contribution in [-0.2, 0) is 9.59 Å². The highest BCUT2D eigenvalue weighted by atomic mass is 16.4. The third-order valence-electron chi connectivity index (χ3n) is 5.28. The molecule has 0 aliphatic heterocycles. The Hall–Kier alpha value is -1.06. The molecule has 0 bridgehead atoms. The molecule has 2 aliphatic carbocycles. The topological polar surface area (TPSA) is 74.6 Å². The second kappa shape index (κ2) is 3.47. The normalized spacial score (nSPS) is 43.4. The first-order valence-corrected chi connectivity index (χ1v) is 6.19. The van der Waals surface area contributed by atoms with Crippen LogP contribution in [-0.4, -0.2) is 22.2 Å². The minimum atomic E-state index is -0.849. The zero-order valence-corrected chi connectivity index (χ0v) is 10.6. The van der Waals surface area contributed by atoms with Crippen molar-refractivity contribution in [2.75, 3.05) is 0 Å². The highest BCUT2D eigenvalue weighted by Gasteiger charge is 2.68. The van der Waals surface area contributed by atoms with Crippen LogP contribution in [0.1, 0.15) is 40.0 Å². The van der Waals surface area contributed by atoms with Gasteiger partial charge in [-0.1, -0.05) is 20.8 Å². The second-order valence-corrected chi connectivity index (χ2v) is 6.37. The van der Waals surface area contributed by atoms with Gasteiger partial charge in [0, 0.05) is 0 Å². The van der Waals surface area contributed by atoms with Gasteiger partial charge in [0.25, 0.3) is 0 Å². The predicted octanol–water partition coefficient (Wildman–Crippen LogP) is 2.23. The number of carboxylic acids is 2. The van der Waals surface area contributed by atoms with Crippen LogP contribution < -0.4 is 0 Å². The number of rotatable bonds is 2. The summed E-state index contributed by atoms with van der Waals surface area (Å²) in [5, 5.41) is 18.9. The maximum atomic E-state index is 11.7. The quantitative estimate of drug-likeness (QED) is 0.776. The third-order valence-corrected chi connectivity index (χ3v) is 5.28. The molecule has 0 aromatic carbocycles. The first-order chi connectivity index (χ1) is 7.73. The molecule has 0 aromatic rings. The van der Waals surface area contributed by atoms with E-state index in [-0.39, 0.29) is 5.92 Å². The van der Waals surface area contributed by atoms with E-state index in [1.807, 2.05) is 13.8 Å².